The number of ether oxygens (including phenoxy) is 2. The molecule has 0 saturated heterocycles. The summed E-state index contributed by atoms with van der Waals surface area (Å²) in [7, 11) is 3.22. The molecular formula is C21H21N3O3. The SMILES string of the molecule is COc1ccc(CNc2ccc(NC(=O)c3ccccc3)cn2)cc1OC. The summed E-state index contributed by atoms with van der Waals surface area (Å²) in [4.78, 5) is 16.5. The molecule has 0 aliphatic carbocycles. The number of methoxy groups -OCH3 is 2. The van der Waals surface area contributed by atoms with Gasteiger partial charge < -0.3 is 20.1 Å². The molecule has 1 aromatic heterocycles. The van der Waals surface area contributed by atoms with Gasteiger partial charge in [-0.25, -0.2) is 4.98 Å². The highest BCUT2D eigenvalue weighted by Crippen LogP contribution is 2.27. The number of carbonyl (C=O) groups is 1. The van der Waals surface area contributed by atoms with Crippen LogP contribution in [0.5, 0.6) is 11.5 Å². The molecule has 6 heteroatoms. The lowest BCUT2D eigenvalue weighted by atomic mass is 10.2. The molecule has 0 aliphatic heterocycles. The zero-order valence-corrected chi connectivity index (χ0v) is 15.2. The fourth-order valence-corrected chi connectivity index (χ4v) is 2.55. The topological polar surface area (TPSA) is 72.5 Å². The van der Waals surface area contributed by atoms with Gasteiger partial charge in [-0.1, -0.05) is 24.3 Å². The Morgan fingerprint density at radius 1 is 0.963 bits per heavy atom. The molecule has 0 bridgehead atoms. The molecule has 0 atom stereocenters. The lowest BCUT2D eigenvalue weighted by molar-refractivity contribution is 0.102. The summed E-state index contributed by atoms with van der Waals surface area (Å²) in [6.45, 7) is 0.586. The first-order valence-corrected chi connectivity index (χ1v) is 8.47. The minimum absolute atomic E-state index is 0.163. The second-order valence-corrected chi connectivity index (χ2v) is 5.80. The molecule has 2 aromatic carbocycles. The van der Waals surface area contributed by atoms with Crippen molar-refractivity contribution in [2.24, 2.45) is 0 Å². The lowest BCUT2D eigenvalue weighted by Crippen LogP contribution is -2.12. The zero-order valence-electron chi connectivity index (χ0n) is 15.2. The van der Waals surface area contributed by atoms with Gasteiger partial charge in [0.05, 0.1) is 26.1 Å². The van der Waals surface area contributed by atoms with Gasteiger partial charge in [-0.3, -0.25) is 4.79 Å². The summed E-state index contributed by atoms with van der Waals surface area (Å²) < 4.78 is 10.5. The van der Waals surface area contributed by atoms with Crippen molar-refractivity contribution >= 4 is 17.4 Å². The Labute approximate surface area is 158 Å². The van der Waals surface area contributed by atoms with Crippen LogP contribution in [0.4, 0.5) is 11.5 Å². The molecule has 1 amide bonds. The van der Waals surface area contributed by atoms with Gasteiger partial charge in [0.15, 0.2) is 11.5 Å². The highest BCUT2D eigenvalue weighted by molar-refractivity contribution is 6.04. The van der Waals surface area contributed by atoms with E-state index in [-0.39, 0.29) is 5.91 Å². The summed E-state index contributed by atoms with van der Waals surface area (Å²) in [6.07, 6.45) is 1.62. The van der Waals surface area contributed by atoms with Crippen LogP contribution in [0.25, 0.3) is 0 Å². The monoisotopic (exact) mass is 363 g/mol. The molecule has 0 saturated carbocycles. The minimum atomic E-state index is -0.163. The fraction of sp³-hybridized carbons (Fsp3) is 0.143. The zero-order chi connectivity index (χ0) is 19.1. The Balaban J connectivity index is 1.59. The van der Waals surface area contributed by atoms with E-state index in [1.165, 1.54) is 0 Å². The number of rotatable bonds is 7. The van der Waals surface area contributed by atoms with Gasteiger partial charge in [0.25, 0.3) is 5.91 Å². The molecule has 0 radical (unpaired) electrons. The van der Waals surface area contributed by atoms with Crippen molar-refractivity contribution in [3.63, 3.8) is 0 Å². The third-order valence-electron chi connectivity index (χ3n) is 3.98. The first kappa shape index (κ1) is 18.3. The fourth-order valence-electron chi connectivity index (χ4n) is 2.55. The number of hydrogen-bond acceptors (Lipinski definition) is 5. The Kier molecular flexibility index (Phi) is 5.89. The van der Waals surface area contributed by atoms with E-state index in [9.17, 15) is 4.79 Å². The van der Waals surface area contributed by atoms with Crippen molar-refractivity contribution < 1.29 is 14.3 Å². The van der Waals surface area contributed by atoms with E-state index in [0.29, 0.717) is 35.1 Å². The third kappa shape index (κ3) is 4.76. The second-order valence-electron chi connectivity index (χ2n) is 5.80. The normalized spacial score (nSPS) is 10.1. The predicted octanol–water partition coefficient (Wildman–Crippen LogP) is 3.96. The average Bonchev–Trinajstić information content (AvgIpc) is 2.73. The van der Waals surface area contributed by atoms with Crippen LogP contribution in [0.2, 0.25) is 0 Å². The molecular weight excluding hydrogens is 342 g/mol. The Bertz CT molecular complexity index is 896. The maximum Gasteiger partial charge on any atom is 0.255 e. The molecule has 0 aliphatic rings. The van der Waals surface area contributed by atoms with E-state index >= 15 is 0 Å². The van der Waals surface area contributed by atoms with E-state index in [2.05, 4.69) is 15.6 Å². The van der Waals surface area contributed by atoms with Gasteiger partial charge in [0.2, 0.25) is 0 Å². The quantitative estimate of drug-likeness (QED) is 0.665. The summed E-state index contributed by atoms with van der Waals surface area (Å²) in [6, 6.07) is 18.4. The maximum atomic E-state index is 12.1. The van der Waals surface area contributed by atoms with Crippen LogP contribution in [0.15, 0.2) is 66.9 Å². The Morgan fingerprint density at radius 2 is 1.74 bits per heavy atom. The molecule has 2 N–H and O–H groups in total. The number of nitrogens with zero attached hydrogens (tertiary/aromatic N) is 1. The van der Waals surface area contributed by atoms with E-state index in [1.54, 1.807) is 32.5 Å². The van der Waals surface area contributed by atoms with Crippen LogP contribution in [0.3, 0.4) is 0 Å². The highest BCUT2D eigenvalue weighted by atomic mass is 16.5. The van der Waals surface area contributed by atoms with Crippen LogP contribution in [-0.2, 0) is 6.54 Å². The standard InChI is InChI=1S/C21H21N3O3/c1-26-18-10-8-15(12-19(18)27-2)13-22-20-11-9-17(14-23-20)24-21(25)16-6-4-3-5-7-16/h3-12,14H,13H2,1-2H3,(H,22,23)(H,24,25). The molecule has 0 unspecified atom stereocenters. The van der Waals surface area contributed by atoms with Gasteiger partial charge in [-0.05, 0) is 42.0 Å². The number of anilines is 2. The van der Waals surface area contributed by atoms with Gasteiger partial charge in [-0.15, -0.1) is 0 Å². The largest absolute Gasteiger partial charge is 0.493 e. The maximum absolute atomic E-state index is 12.1. The van der Waals surface area contributed by atoms with E-state index < -0.39 is 0 Å². The lowest BCUT2D eigenvalue weighted by Gasteiger charge is -2.11. The molecule has 1 heterocycles. The van der Waals surface area contributed by atoms with Crippen LogP contribution in [0, 0.1) is 0 Å². The van der Waals surface area contributed by atoms with Crippen LogP contribution < -0.4 is 20.1 Å². The molecule has 3 aromatic rings. The van der Waals surface area contributed by atoms with Crippen molar-refractivity contribution in [1.29, 1.82) is 0 Å². The molecule has 3 rings (SSSR count). The van der Waals surface area contributed by atoms with Crippen molar-refractivity contribution in [1.82, 2.24) is 4.98 Å². The number of hydrogen-bond donors (Lipinski definition) is 2. The first-order chi connectivity index (χ1) is 13.2. The van der Waals surface area contributed by atoms with Gasteiger partial charge in [0.1, 0.15) is 5.82 Å². The Hall–Kier alpha value is -3.54. The summed E-state index contributed by atoms with van der Waals surface area (Å²) in [5, 5.41) is 6.07. The van der Waals surface area contributed by atoms with Crippen LogP contribution >= 0.6 is 0 Å². The number of amides is 1. The van der Waals surface area contributed by atoms with E-state index in [1.807, 2.05) is 48.5 Å². The first-order valence-electron chi connectivity index (χ1n) is 8.47. The van der Waals surface area contributed by atoms with Crippen molar-refractivity contribution in [3.8, 4) is 11.5 Å². The van der Waals surface area contributed by atoms with E-state index in [0.717, 1.165) is 5.56 Å². The van der Waals surface area contributed by atoms with Crippen molar-refractivity contribution in [2.75, 3.05) is 24.9 Å². The Morgan fingerprint density at radius 3 is 2.41 bits per heavy atom. The smallest absolute Gasteiger partial charge is 0.255 e. The second kappa shape index (κ2) is 8.71. The summed E-state index contributed by atoms with van der Waals surface area (Å²) in [5.41, 5.74) is 2.28. The van der Waals surface area contributed by atoms with Gasteiger partial charge in [-0.2, -0.15) is 0 Å². The predicted molar refractivity (Wildman–Crippen MR) is 106 cm³/mol. The molecule has 138 valence electrons. The highest BCUT2D eigenvalue weighted by Gasteiger charge is 2.06. The van der Waals surface area contributed by atoms with Gasteiger partial charge in [0, 0.05) is 12.1 Å². The number of carbonyl (C=O) groups excluding carboxylic acids is 1. The van der Waals surface area contributed by atoms with E-state index in [4.69, 9.17) is 9.47 Å². The van der Waals surface area contributed by atoms with Crippen molar-refractivity contribution in [3.05, 3.63) is 78.0 Å². The van der Waals surface area contributed by atoms with Crippen molar-refractivity contribution in [2.45, 2.75) is 6.54 Å². The minimum Gasteiger partial charge on any atom is -0.493 e. The van der Waals surface area contributed by atoms with Gasteiger partial charge >= 0.3 is 0 Å². The number of nitrogens with one attached hydrogen (secondary N) is 2. The molecule has 0 spiro atoms. The number of pyridine rings is 1. The summed E-state index contributed by atoms with van der Waals surface area (Å²) >= 11 is 0. The van der Waals surface area contributed by atoms with Crippen LogP contribution in [-0.4, -0.2) is 25.1 Å². The number of benzene rings is 2. The summed E-state index contributed by atoms with van der Waals surface area (Å²) in [5.74, 6) is 1.92. The number of aromatic nitrogens is 1. The van der Waals surface area contributed by atoms with Crippen LogP contribution in [0.1, 0.15) is 15.9 Å². The molecule has 0 fully saturated rings. The third-order valence-corrected chi connectivity index (χ3v) is 3.98. The molecule has 6 nitrogen and oxygen atoms in total. The molecule has 27 heavy (non-hydrogen) atoms. The average molecular weight is 363 g/mol.